The summed E-state index contributed by atoms with van der Waals surface area (Å²) in [6.07, 6.45) is -4.27. The molecule has 0 bridgehead atoms. The molecule has 7 rings (SSSR count). The Bertz CT molecular complexity index is 1680. The van der Waals surface area contributed by atoms with E-state index in [9.17, 15) is 35.4 Å². The van der Waals surface area contributed by atoms with Crippen LogP contribution >= 0.6 is 0 Å². The summed E-state index contributed by atoms with van der Waals surface area (Å²) >= 11 is 0. The van der Waals surface area contributed by atoms with Gasteiger partial charge < -0.3 is 45.1 Å². The number of carbonyl (C=O) groups is 1. The monoisotopic (exact) mass is 563 g/mol. The summed E-state index contributed by atoms with van der Waals surface area (Å²) in [6, 6.07) is 15.5. The van der Waals surface area contributed by atoms with Gasteiger partial charge in [-0.3, -0.25) is 0 Å². The van der Waals surface area contributed by atoms with Crippen LogP contribution in [0.4, 0.5) is 0 Å². The quantitative estimate of drug-likeness (QED) is 0.145. The van der Waals surface area contributed by atoms with Crippen molar-refractivity contribution >= 4 is 38.4 Å². The van der Waals surface area contributed by atoms with Gasteiger partial charge in [-0.1, -0.05) is 43.2 Å². The zero-order chi connectivity index (χ0) is 28.7. The van der Waals surface area contributed by atoms with Crippen LogP contribution in [0.25, 0.3) is 32.4 Å². The number of carbonyl (C=O) groups excluding carboxylic acids is 1. The summed E-state index contributed by atoms with van der Waals surface area (Å²) in [5.74, 6) is -3.79. The van der Waals surface area contributed by atoms with Crippen molar-refractivity contribution in [2.75, 3.05) is 0 Å². The van der Waals surface area contributed by atoms with Crippen molar-refractivity contribution in [1.29, 1.82) is 0 Å². The van der Waals surface area contributed by atoms with Crippen LogP contribution in [-0.4, -0.2) is 77.4 Å². The summed E-state index contributed by atoms with van der Waals surface area (Å²) in [5, 5.41) is 70.2. The summed E-state index contributed by atoms with van der Waals surface area (Å²) in [7, 11) is 0. The molecular formula is C31H33NO9. The molecule has 2 heterocycles. The Morgan fingerprint density at radius 1 is 0.976 bits per heavy atom. The molecule has 216 valence electrons. The molecule has 0 amide bonds. The van der Waals surface area contributed by atoms with E-state index < -0.39 is 53.8 Å². The van der Waals surface area contributed by atoms with E-state index in [0.29, 0.717) is 23.7 Å². The van der Waals surface area contributed by atoms with Crippen molar-refractivity contribution in [3.63, 3.8) is 0 Å². The second-order valence-electron chi connectivity index (χ2n) is 12.0. The number of rotatable bonds is 4. The number of hydrogen-bond donors (Lipinski definition) is 7. The number of nitrogens with one attached hydrogen (secondary N) is 1. The first-order valence-electron chi connectivity index (χ1n) is 14.1. The summed E-state index contributed by atoms with van der Waals surface area (Å²) < 4.78 is 11.5. The van der Waals surface area contributed by atoms with Crippen LogP contribution in [0.1, 0.15) is 44.2 Å². The fourth-order valence-corrected chi connectivity index (χ4v) is 7.82. The number of fused-ring (bicyclic) bond motifs is 4. The molecule has 0 radical (unpaired) electrons. The highest BCUT2D eigenvalue weighted by atomic mass is 16.7. The molecule has 1 aromatic heterocycles. The number of aliphatic hydroxyl groups is 6. The summed E-state index contributed by atoms with van der Waals surface area (Å²) in [4.78, 5) is 16.6. The minimum Gasteiger partial charge on any atom is -0.422 e. The molecule has 3 fully saturated rings. The fourth-order valence-electron chi connectivity index (χ4n) is 7.82. The number of aromatic amines is 1. The highest BCUT2D eigenvalue weighted by Gasteiger charge is 2.74. The van der Waals surface area contributed by atoms with Gasteiger partial charge in [0, 0.05) is 11.8 Å². The third kappa shape index (κ3) is 3.66. The van der Waals surface area contributed by atoms with Crippen LogP contribution < -0.4 is 4.74 Å². The van der Waals surface area contributed by atoms with Gasteiger partial charge in [0.05, 0.1) is 29.3 Å². The largest absolute Gasteiger partial charge is 0.422 e. The van der Waals surface area contributed by atoms with Gasteiger partial charge in [-0.2, -0.15) is 0 Å². The average molecular weight is 564 g/mol. The van der Waals surface area contributed by atoms with Gasteiger partial charge in [0.2, 0.25) is 5.79 Å². The first kappa shape index (κ1) is 26.8. The zero-order valence-corrected chi connectivity index (χ0v) is 22.3. The Morgan fingerprint density at radius 3 is 2.39 bits per heavy atom. The van der Waals surface area contributed by atoms with E-state index in [1.54, 1.807) is 0 Å². The maximum atomic E-state index is 13.6. The van der Waals surface area contributed by atoms with Gasteiger partial charge in [-0.25, -0.2) is 4.79 Å². The molecule has 1 saturated heterocycles. The van der Waals surface area contributed by atoms with E-state index in [2.05, 4.69) is 4.98 Å². The fraction of sp³-hybridized carbons (Fsp3) is 0.452. The molecular weight excluding hydrogens is 530 g/mol. The Labute approximate surface area is 234 Å². The van der Waals surface area contributed by atoms with Crippen molar-refractivity contribution in [3.05, 3.63) is 54.2 Å². The predicted octanol–water partition coefficient (Wildman–Crippen LogP) is 2.13. The van der Waals surface area contributed by atoms with Gasteiger partial charge in [0.1, 0.15) is 17.8 Å². The van der Waals surface area contributed by atoms with Crippen LogP contribution in [0.5, 0.6) is 5.75 Å². The lowest BCUT2D eigenvalue weighted by Gasteiger charge is -2.48. The highest BCUT2D eigenvalue weighted by molar-refractivity contribution is 6.14. The normalized spacial score (nSPS) is 33.0. The highest BCUT2D eigenvalue weighted by Crippen LogP contribution is 2.62. The lowest BCUT2D eigenvalue weighted by molar-refractivity contribution is -0.339. The third-order valence-corrected chi connectivity index (χ3v) is 9.80. The van der Waals surface area contributed by atoms with Gasteiger partial charge in [-0.15, -0.1) is 0 Å². The number of aromatic nitrogens is 1. The standard InChI is InChI=1S/C31H33NO9/c33-15-22-25(23-20-12-17-6-2-1-5-16(17)11-18(20)7-8-21(23)32-22)40-28(37)26-24(35)27(36)31(39,41-26)30(38)14-19(34)13-29(30)9-3-4-10-29/h1-2,5-8,11-12,19,24,26-27,32-36,38-39H,3-4,9-10,13-15H2/t19-,24+,26-,27-,30-,31-/m1/s1. The van der Waals surface area contributed by atoms with Crippen molar-refractivity contribution in [2.24, 2.45) is 5.41 Å². The van der Waals surface area contributed by atoms with E-state index in [4.69, 9.17) is 9.47 Å². The molecule has 0 unspecified atom stereocenters. The van der Waals surface area contributed by atoms with E-state index in [1.807, 2.05) is 48.5 Å². The van der Waals surface area contributed by atoms with Crippen molar-refractivity contribution in [1.82, 2.24) is 4.98 Å². The van der Waals surface area contributed by atoms with E-state index in [-0.39, 0.29) is 24.3 Å². The topological polar surface area (TPSA) is 173 Å². The van der Waals surface area contributed by atoms with Gasteiger partial charge in [0.15, 0.2) is 11.9 Å². The van der Waals surface area contributed by atoms with Crippen molar-refractivity contribution < 1.29 is 44.9 Å². The Balaban J connectivity index is 1.27. The van der Waals surface area contributed by atoms with E-state index in [0.717, 1.165) is 34.4 Å². The van der Waals surface area contributed by atoms with Crippen LogP contribution in [-0.2, 0) is 16.1 Å². The van der Waals surface area contributed by atoms with Crippen LogP contribution in [0, 0.1) is 5.41 Å². The minimum absolute atomic E-state index is 0.0383. The summed E-state index contributed by atoms with van der Waals surface area (Å²) in [6.45, 7) is -0.479. The van der Waals surface area contributed by atoms with Gasteiger partial charge >= 0.3 is 5.97 Å². The van der Waals surface area contributed by atoms with Crippen LogP contribution in [0.2, 0.25) is 0 Å². The number of H-pyrrole nitrogens is 1. The molecule has 1 aliphatic heterocycles. The molecule has 4 aromatic rings. The first-order valence-corrected chi connectivity index (χ1v) is 14.1. The molecule has 2 saturated carbocycles. The lowest BCUT2D eigenvalue weighted by atomic mass is 9.67. The third-order valence-electron chi connectivity index (χ3n) is 9.80. The number of aliphatic hydroxyl groups excluding tert-OH is 4. The number of benzene rings is 3. The summed E-state index contributed by atoms with van der Waals surface area (Å²) in [5.41, 5.74) is -2.19. The Hall–Kier alpha value is -3.09. The van der Waals surface area contributed by atoms with E-state index in [1.165, 1.54) is 0 Å². The lowest BCUT2D eigenvalue weighted by Crippen LogP contribution is -2.66. The second-order valence-corrected chi connectivity index (χ2v) is 12.0. The van der Waals surface area contributed by atoms with Crippen LogP contribution in [0.3, 0.4) is 0 Å². The number of hydrogen-bond acceptors (Lipinski definition) is 9. The van der Waals surface area contributed by atoms with Crippen molar-refractivity contribution in [3.8, 4) is 5.75 Å². The first-order chi connectivity index (χ1) is 19.6. The molecule has 3 aromatic carbocycles. The maximum Gasteiger partial charge on any atom is 0.343 e. The second kappa shape index (κ2) is 9.20. The average Bonchev–Trinajstić information content (AvgIpc) is 3.70. The van der Waals surface area contributed by atoms with Gasteiger partial charge in [0.25, 0.3) is 0 Å². The zero-order valence-electron chi connectivity index (χ0n) is 22.3. The molecule has 1 spiro atoms. The Morgan fingerprint density at radius 2 is 1.68 bits per heavy atom. The number of ether oxygens (including phenoxy) is 2. The van der Waals surface area contributed by atoms with Crippen LogP contribution in [0.15, 0.2) is 48.5 Å². The molecule has 10 heteroatoms. The molecule has 7 N–H and O–H groups in total. The SMILES string of the molecule is O=C(Oc1c(CO)[nH]c2ccc3cc4ccccc4cc3c12)[C@@H]1O[C@@](O)([C@@]2(O)C[C@H](O)CC23CCCC3)[C@H](O)[C@H]1O. The maximum absolute atomic E-state index is 13.6. The smallest absolute Gasteiger partial charge is 0.343 e. The molecule has 3 aliphatic rings. The molecule has 10 nitrogen and oxygen atoms in total. The van der Waals surface area contributed by atoms with E-state index >= 15 is 0 Å². The minimum atomic E-state index is -2.72. The number of esters is 1. The molecule has 41 heavy (non-hydrogen) atoms. The van der Waals surface area contributed by atoms with Crippen molar-refractivity contribution in [2.45, 2.75) is 80.9 Å². The molecule has 6 atom stereocenters. The predicted molar refractivity (Wildman–Crippen MR) is 148 cm³/mol. The molecule has 2 aliphatic carbocycles. The van der Waals surface area contributed by atoms with Gasteiger partial charge in [-0.05, 0) is 59.0 Å². The Kier molecular flexibility index (Phi) is 6.01.